The highest BCUT2D eigenvalue weighted by Gasteiger charge is 2.41. The SMILES string of the molecule is NNC(COCC(F)(F)C(F)F)c1ccncc1F. The summed E-state index contributed by atoms with van der Waals surface area (Å²) >= 11 is 0. The van der Waals surface area contributed by atoms with Crippen molar-refractivity contribution in [3.8, 4) is 0 Å². The minimum atomic E-state index is -4.25. The van der Waals surface area contributed by atoms with Crippen LogP contribution in [0.3, 0.4) is 0 Å². The molecule has 9 heteroatoms. The van der Waals surface area contributed by atoms with Crippen LogP contribution in [0.1, 0.15) is 11.6 Å². The first-order valence-electron chi connectivity index (χ1n) is 5.17. The van der Waals surface area contributed by atoms with Gasteiger partial charge in [0, 0.05) is 11.8 Å². The van der Waals surface area contributed by atoms with Crippen molar-refractivity contribution in [2.75, 3.05) is 13.2 Å². The van der Waals surface area contributed by atoms with Crippen LogP contribution in [0.4, 0.5) is 22.0 Å². The van der Waals surface area contributed by atoms with Crippen LogP contribution in [0, 0.1) is 5.82 Å². The average Bonchev–Trinajstić information content (AvgIpc) is 2.35. The van der Waals surface area contributed by atoms with Crippen LogP contribution in [0.2, 0.25) is 0 Å². The van der Waals surface area contributed by atoms with Crippen molar-refractivity contribution in [2.45, 2.75) is 18.4 Å². The van der Waals surface area contributed by atoms with E-state index >= 15 is 0 Å². The lowest BCUT2D eigenvalue weighted by Crippen LogP contribution is -2.36. The topological polar surface area (TPSA) is 60.2 Å². The Hall–Kier alpha value is -1.32. The van der Waals surface area contributed by atoms with Crippen molar-refractivity contribution in [2.24, 2.45) is 5.84 Å². The first-order valence-corrected chi connectivity index (χ1v) is 5.17. The number of ether oxygens (including phenoxy) is 1. The molecule has 1 heterocycles. The summed E-state index contributed by atoms with van der Waals surface area (Å²) in [5.74, 6) is 0.163. The van der Waals surface area contributed by atoms with Gasteiger partial charge in [-0.05, 0) is 6.07 Å². The predicted molar refractivity (Wildman–Crippen MR) is 56.0 cm³/mol. The normalized spacial score (nSPS) is 13.8. The Kier molecular flexibility index (Phi) is 5.58. The summed E-state index contributed by atoms with van der Waals surface area (Å²) in [5.41, 5.74) is 2.19. The molecule has 19 heavy (non-hydrogen) atoms. The fourth-order valence-electron chi connectivity index (χ4n) is 1.27. The van der Waals surface area contributed by atoms with Gasteiger partial charge < -0.3 is 4.74 Å². The van der Waals surface area contributed by atoms with Gasteiger partial charge in [-0.2, -0.15) is 8.78 Å². The van der Waals surface area contributed by atoms with E-state index in [9.17, 15) is 22.0 Å². The molecule has 4 nitrogen and oxygen atoms in total. The molecule has 0 saturated carbocycles. The first-order chi connectivity index (χ1) is 8.88. The molecular formula is C10H12F5N3O. The lowest BCUT2D eigenvalue weighted by molar-refractivity contribution is -0.167. The Labute approximate surface area is 105 Å². The molecule has 0 saturated heterocycles. The molecule has 0 bridgehead atoms. The van der Waals surface area contributed by atoms with E-state index in [0.717, 1.165) is 6.20 Å². The number of hydrogen-bond donors (Lipinski definition) is 2. The number of hydrazine groups is 1. The molecule has 1 aromatic heterocycles. The molecule has 3 N–H and O–H groups in total. The van der Waals surface area contributed by atoms with Crippen LogP contribution in [0.15, 0.2) is 18.5 Å². The summed E-state index contributed by atoms with van der Waals surface area (Å²) in [6, 6.07) is 0.325. The van der Waals surface area contributed by atoms with E-state index in [1.54, 1.807) is 0 Å². The second-order valence-electron chi connectivity index (χ2n) is 3.69. The van der Waals surface area contributed by atoms with Gasteiger partial charge >= 0.3 is 12.3 Å². The molecule has 0 radical (unpaired) electrons. The Morgan fingerprint density at radius 3 is 2.63 bits per heavy atom. The lowest BCUT2D eigenvalue weighted by atomic mass is 10.1. The molecule has 0 spiro atoms. The zero-order valence-electron chi connectivity index (χ0n) is 9.62. The minimum absolute atomic E-state index is 0.0397. The average molecular weight is 285 g/mol. The fraction of sp³-hybridized carbons (Fsp3) is 0.500. The molecule has 1 aromatic rings. The van der Waals surface area contributed by atoms with Crippen LogP contribution >= 0.6 is 0 Å². The summed E-state index contributed by atoms with van der Waals surface area (Å²) in [6.07, 6.45) is -1.64. The second kappa shape index (κ2) is 6.73. The van der Waals surface area contributed by atoms with Crippen molar-refractivity contribution in [1.82, 2.24) is 10.4 Å². The molecule has 0 aromatic carbocycles. The number of halogens is 5. The van der Waals surface area contributed by atoms with Crippen molar-refractivity contribution in [1.29, 1.82) is 0 Å². The number of nitrogens with zero attached hydrogens (tertiary/aromatic N) is 1. The number of nitrogens with two attached hydrogens (primary N) is 1. The van der Waals surface area contributed by atoms with E-state index in [2.05, 4.69) is 15.1 Å². The van der Waals surface area contributed by atoms with Crippen LogP contribution in [-0.2, 0) is 4.74 Å². The quantitative estimate of drug-likeness (QED) is 0.454. The molecule has 1 unspecified atom stereocenters. The van der Waals surface area contributed by atoms with Gasteiger partial charge in [0.25, 0.3) is 0 Å². The summed E-state index contributed by atoms with van der Waals surface area (Å²) in [4.78, 5) is 3.50. The molecule has 0 aliphatic heterocycles. The smallest absolute Gasteiger partial charge is 0.330 e. The third-order valence-corrected chi connectivity index (χ3v) is 2.28. The van der Waals surface area contributed by atoms with E-state index in [-0.39, 0.29) is 5.56 Å². The molecule has 0 aliphatic carbocycles. The molecular weight excluding hydrogens is 273 g/mol. The maximum atomic E-state index is 13.3. The van der Waals surface area contributed by atoms with Crippen LogP contribution in [0.5, 0.6) is 0 Å². The molecule has 0 fully saturated rings. The Morgan fingerprint density at radius 2 is 2.11 bits per heavy atom. The van der Waals surface area contributed by atoms with Gasteiger partial charge in [0.15, 0.2) is 0 Å². The number of nitrogens with one attached hydrogen (secondary N) is 1. The Bertz CT molecular complexity index is 405. The maximum Gasteiger partial charge on any atom is 0.330 e. The van der Waals surface area contributed by atoms with Crippen LogP contribution in [0.25, 0.3) is 0 Å². The Morgan fingerprint density at radius 1 is 1.42 bits per heavy atom. The first kappa shape index (κ1) is 15.7. The van der Waals surface area contributed by atoms with Crippen molar-refractivity contribution < 1.29 is 26.7 Å². The molecule has 1 rings (SSSR count). The van der Waals surface area contributed by atoms with Gasteiger partial charge in [0.1, 0.15) is 12.4 Å². The van der Waals surface area contributed by atoms with Gasteiger partial charge in [-0.3, -0.25) is 16.3 Å². The standard InChI is InChI=1S/C10H12F5N3O/c11-7-3-17-2-1-6(7)8(18-16)4-19-5-10(14,15)9(12)13/h1-3,8-9,18H,4-5,16H2. The highest BCUT2D eigenvalue weighted by Crippen LogP contribution is 2.24. The van der Waals surface area contributed by atoms with Crippen molar-refractivity contribution >= 4 is 0 Å². The van der Waals surface area contributed by atoms with E-state index < -0.39 is 37.4 Å². The summed E-state index contributed by atoms with van der Waals surface area (Å²) in [5, 5.41) is 0. The summed E-state index contributed by atoms with van der Waals surface area (Å²) < 4.78 is 66.7. The van der Waals surface area contributed by atoms with Gasteiger partial charge in [-0.15, -0.1) is 0 Å². The van der Waals surface area contributed by atoms with E-state index in [4.69, 9.17) is 5.84 Å². The van der Waals surface area contributed by atoms with Crippen LogP contribution < -0.4 is 11.3 Å². The third kappa shape index (κ3) is 4.37. The van der Waals surface area contributed by atoms with Gasteiger partial charge in [0.2, 0.25) is 0 Å². The van der Waals surface area contributed by atoms with Gasteiger partial charge in [-0.25, -0.2) is 13.2 Å². The Balaban J connectivity index is 2.58. The predicted octanol–water partition coefficient (Wildman–Crippen LogP) is 1.64. The molecule has 0 aliphatic rings. The zero-order valence-corrected chi connectivity index (χ0v) is 9.62. The monoisotopic (exact) mass is 285 g/mol. The van der Waals surface area contributed by atoms with E-state index in [1.165, 1.54) is 12.3 Å². The maximum absolute atomic E-state index is 13.3. The second-order valence-corrected chi connectivity index (χ2v) is 3.69. The number of rotatable bonds is 7. The highest BCUT2D eigenvalue weighted by atomic mass is 19.3. The van der Waals surface area contributed by atoms with Crippen molar-refractivity contribution in [3.05, 3.63) is 29.8 Å². The third-order valence-electron chi connectivity index (χ3n) is 2.28. The van der Waals surface area contributed by atoms with Gasteiger partial charge in [-0.1, -0.05) is 0 Å². The van der Waals surface area contributed by atoms with E-state index in [1.807, 2.05) is 0 Å². The molecule has 108 valence electrons. The number of alkyl halides is 4. The summed E-state index contributed by atoms with van der Waals surface area (Å²) in [6.45, 7) is -1.96. The highest BCUT2D eigenvalue weighted by molar-refractivity contribution is 5.17. The molecule has 0 amide bonds. The van der Waals surface area contributed by atoms with Gasteiger partial charge in [0.05, 0.1) is 18.8 Å². The largest absolute Gasteiger partial charge is 0.373 e. The number of hydrogen-bond acceptors (Lipinski definition) is 4. The zero-order chi connectivity index (χ0) is 14.5. The fourth-order valence-corrected chi connectivity index (χ4v) is 1.27. The minimum Gasteiger partial charge on any atom is -0.373 e. The summed E-state index contributed by atoms with van der Waals surface area (Å²) in [7, 11) is 0. The van der Waals surface area contributed by atoms with Crippen LogP contribution in [-0.4, -0.2) is 30.5 Å². The van der Waals surface area contributed by atoms with E-state index in [0.29, 0.717) is 0 Å². The lowest BCUT2D eigenvalue weighted by Gasteiger charge is -2.19. The number of pyridine rings is 1. The number of aromatic nitrogens is 1. The van der Waals surface area contributed by atoms with Crippen molar-refractivity contribution in [3.63, 3.8) is 0 Å². The molecule has 1 atom stereocenters.